The molecule has 0 aliphatic carbocycles. The molecule has 4 amide bonds. The van der Waals surface area contributed by atoms with Gasteiger partial charge >= 0.3 is 23.6 Å². The van der Waals surface area contributed by atoms with Crippen molar-refractivity contribution in [1.29, 1.82) is 0 Å². The molecule has 1 aliphatic rings. The molecule has 1 aromatic heterocycles. The van der Waals surface area contributed by atoms with Gasteiger partial charge in [-0.3, -0.25) is 19.2 Å². The van der Waals surface area contributed by atoms with Gasteiger partial charge in [-0.05, 0) is 43.2 Å². The summed E-state index contributed by atoms with van der Waals surface area (Å²) in [6.07, 6.45) is 2.98. The number of hydrogen-bond donors (Lipinski definition) is 3. The maximum Gasteiger partial charge on any atom is 0.329 e. The van der Waals surface area contributed by atoms with Gasteiger partial charge in [-0.1, -0.05) is 23.2 Å². The molecule has 10 nitrogen and oxygen atoms in total. The quantitative estimate of drug-likeness (QED) is 0.342. The molecular weight excluding hydrogens is 461 g/mol. The number of benzene rings is 1. The van der Waals surface area contributed by atoms with Gasteiger partial charge in [-0.25, -0.2) is 5.43 Å². The van der Waals surface area contributed by atoms with Crippen LogP contribution in [-0.4, -0.2) is 47.8 Å². The van der Waals surface area contributed by atoms with Gasteiger partial charge in [-0.2, -0.15) is 5.10 Å². The van der Waals surface area contributed by atoms with Gasteiger partial charge in [0.25, 0.3) is 0 Å². The summed E-state index contributed by atoms with van der Waals surface area (Å²) in [7, 11) is 0. The molecule has 1 saturated heterocycles. The summed E-state index contributed by atoms with van der Waals surface area (Å²) in [4.78, 5) is 49.1. The van der Waals surface area contributed by atoms with Crippen molar-refractivity contribution in [1.82, 2.24) is 15.6 Å². The topological polar surface area (TPSA) is 133 Å². The largest absolute Gasteiger partial charge is 0.458 e. The van der Waals surface area contributed by atoms with E-state index in [1.165, 1.54) is 29.3 Å². The molecule has 12 heteroatoms. The number of rotatable bonds is 5. The van der Waals surface area contributed by atoms with E-state index in [9.17, 15) is 19.2 Å². The molecule has 32 heavy (non-hydrogen) atoms. The molecule has 2 aromatic rings. The molecular formula is C20H19Cl2N5O5. The van der Waals surface area contributed by atoms with Crippen LogP contribution in [-0.2, 0) is 25.7 Å². The number of hydrazone groups is 1. The van der Waals surface area contributed by atoms with Crippen LogP contribution in [0.5, 0.6) is 0 Å². The van der Waals surface area contributed by atoms with Crippen molar-refractivity contribution >= 4 is 58.7 Å². The van der Waals surface area contributed by atoms with Crippen molar-refractivity contribution in [3.8, 4) is 0 Å². The number of carbonyl (C=O) groups excluding carboxylic acids is 4. The number of nitrogens with one attached hydrogen (secondary N) is 3. The average Bonchev–Trinajstić information content (AvgIpc) is 3.43. The molecule has 2 heterocycles. The zero-order valence-corrected chi connectivity index (χ0v) is 18.2. The minimum Gasteiger partial charge on any atom is -0.458 e. The Bertz CT molecular complexity index is 1040. The predicted octanol–water partition coefficient (Wildman–Crippen LogP) is 1.91. The van der Waals surface area contributed by atoms with Gasteiger partial charge in [0.2, 0.25) is 0 Å². The molecule has 0 radical (unpaired) electrons. The first-order valence-electron chi connectivity index (χ1n) is 9.58. The summed E-state index contributed by atoms with van der Waals surface area (Å²) in [5.74, 6) is -2.61. The molecule has 168 valence electrons. The van der Waals surface area contributed by atoms with E-state index < -0.39 is 23.6 Å². The van der Waals surface area contributed by atoms with E-state index in [0.29, 0.717) is 28.9 Å². The van der Waals surface area contributed by atoms with Crippen LogP contribution in [0.3, 0.4) is 0 Å². The summed E-state index contributed by atoms with van der Waals surface area (Å²) >= 11 is 11.7. The molecule has 0 unspecified atom stereocenters. The summed E-state index contributed by atoms with van der Waals surface area (Å²) in [6.45, 7) is 1.07. The van der Waals surface area contributed by atoms with Crippen molar-refractivity contribution in [3.63, 3.8) is 0 Å². The third kappa shape index (κ3) is 6.56. The molecule has 1 aromatic carbocycles. The molecule has 1 fully saturated rings. The molecule has 0 atom stereocenters. The maximum absolute atomic E-state index is 12.0. The highest BCUT2D eigenvalue weighted by Gasteiger charge is 2.24. The fourth-order valence-electron chi connectivity index (χ4n) is 2.89. The molecule has 1 aliphatic heterocycles. The minimum absolute atomic E-state index is 0.0593. The number of likely N-dealkylation sites (tertiary alicyclic amines) is 1. The second kappa shape index (κ2) is 10.8. The monoisotopic (exact) mass is 479 g/mol. The standard InChI is InChI=1S/C20H19Cl2N5O5/c21-12-7-13(22)9-14(8-12)25-18(29)17(28)23-10-15-3-4-16(32-15)11-24-26-19(30)20(31)27-5-1-2-6-27/h3-4,7-9,11H,1-2,5-6,10H2,(H,23,28)(H,25,29)(H,26,30)/b24-11+. The minimum atomic E-state index is -0.901. The van der Waals surface area contributed by atoms with Crippen molar-refractivity contribution in [2.45, 2.75) is 19.4 Å². The molecule has 3 N–H and O–H groups in total. The maximum atomic E-state index is 12.0. The van der Waals surface area contributed by atoms with E-state index in [1.54, 1.807) is 12.1 Å². The summed E-state index contributed by atoms with van der Waals surface area (Å²) < 4.78 is 5.43. The normalized spacial score (nSPS) is 13.2. The lowest BCUT2D eigenvalue weighted by Gasteiger charge is -2.12. The van der Waals surface area contributed by atoms with Gasteiger partial charge in [0.05, 0.1) is 12.8 Å². The first kappa shape index (κ1) is 23.3. The van der Waals surface area contributed by atoms with Crippen molar-refractivity contribution in [2.24, 2.45) is 5.10 Å². The van der Waals surface area contributed by atoms with Crippen LogP contribution in [0.15, 0.2) is 39.9 Å². The summed E-state index contributed by atoms with van der Waals surface area (Å²) in [6, 6.07) is 7.51. The molecule has 0 bridgehead atoms. The van der Waals surface area contributed by atoms with Gasteiger partial charge < -0.3 is 20.0 Å². The lowest BCUT2D eigenvalue weighted by molar-refractivity contribution is -0.145. The number of hydrogen-bond acceptors (Lipinski definition) is 6. The van der Waals surface area contributed by atoms with Crippen LogP contribution >= 0.6 is 23.2 Å². The van der Waals surface area contributed by atoms with E-state index in [2.05, 4.69) is 21.2 Å². The average molecular weight is 480 g/mol. The Morgan fingerprint density at radius 1 is 1.00 bits per heavy atom. The number of carbonyl (C=O) groups is 4. The number of nitrogens with zero attached hydrogens (tertiary/aromatic N) is 2. The Kier molecular flexibility index (Phi) is 7.85. The number of furan rings is 1. The zero-order valence-electron chi connectivity index (χ0n) is 16.7. The number of halogens is 2. The SMILES string of the molecule is O=C(NCc1ccc(/C=N/NC(=O)C(=O)N2CCCC2)o1)C(=O)Nc1cc(Cl)cc(Cl)c1. The van der Waals surface area contributed by atoms with E-state index in [-0.39, 0.29) is 18.0 Å². The third-order valence-corrected chi connectivity index (χ3v) is 4.81. The Morgan fingerprint density at radius 3 is 2.38 bits per heavy atom. The number of anilines is 1. The van der Waals surface area contributed by atoms with Crippen molar-refractivity contribution in [2.75, 3.05) is 18.4 Å². The highest BCUT2D eigenvalue weighted by Crippen LogP contribution is 2.22. The van der Waals surface area contributed by atoms with Crippen molar-refractivity contribution < 1.29 is 23.6 Å². The van der Waals surface area contributed by atoms with Gasteiger partial charge in [-0.15, -0.1) is 0 Å². The lowest BCUT2D eigenvalue weighted by atomic mass is 10.3. The van der Waals surface area contributed by atoms with Gasteiger partial charge in [0.1, 0.15) is 11.5 Å². The Morgan fingerprint density at radius 2 is 1.69 bits per heavy atom. The number of amides is 4. The second-order valence-corrected chi connectivity index (χ2v) is 7.67. The Hall–Kier alpha value is -3.37. The smallest absolute Gasteiger partial charge is 0.329 e. The summed E-state index contributed by atoms with van der Waals surface area (Å²) in [5.41, 5.74) is 2.43. The summed E-state index contributed by atoms with van der Waals surface area (Å²) in [5, 5.41) is 9.12. The predicted molar refractivity (Wildman–Crippen MR) is 117 cm³/mol. The first-order chi connectivity index (χ1) is 15.3. The highest BCUT2D eigenvalue weighted by atomic mass is 35.5. The molecule has 3 rings (SSSR count). The Balaban J connectivity index is 1.44. The fraction of sp³-hybridized carbons (Fsp3) is 0.250. The van der Waals surface area contributed by atoms with E-state index >= 15 is 0 Å². The second-order valence-electron chi connectivity index (χ2n) is 6.80. The van der Waals surface area contributed by atoms with E-state index in [4.69, 9.17) is 27.6 Å². The van der Waals surface area contributed by atoms with Crippen LogP contribution in [0.4, 0.5) is 5.69 Å². The van der Waals surface area contributed by atoms with Gasteiger partial charge in [0.15, 0.2) is 0 Å². The van der Waals surface area contributed by atoms with E-state index in [1.807, 2.05) is 0 Å². The van der Waals surface area contributed by atoms with Crippen LogP contribution in [0.2, 0.25) is 10.0 Å². The molecule has 0 spiro atoms. The van der Waals surface area contributed by atoms with Gasteiger partial charge in [0, 0.05) is 28.8 Å². The zero-order chi connectivity index (χ0) is 23.1. The van der Waals surface area contributed by atoms with Crippen LogP contribution in [0.25, 0.3) is 0 Å². The van der Waals surface area contributed by atoms with E-state index in [0.717, 1.165) is 12.8 Å². The lowest BCUT2D eigenvalue weighted by Crippen LogP contribution is -2.39. The third-order valence-electron chi connectivity index (χ3n) is 4.38. The fourth-order valence-corrected chi connectivity index (χ4v) is 3.41. The van der Waals surface area contributed by atoms with Crippen LogP contribution in [0.1, 0.15) is 24.4 Å². The Labute approximate surface area is 192 Å². The van der Waals surface area contributed by atoms with Crippen LogP contribution < -0.4 is 16.1 Å². The molecule has 0 saturated carbocycles. The highest BCUT2D eigenvalue weighted by molar-refractivity contribution is 6.40. The van der Waals surface area contributed by atoms with Crippen LogP contribution in [0, 0.1) is 0 Å². The first-order valence-corrected chi connectivity index (χ1v) is 10.3. The van der Waals surface area contributed by atoms with Crippen molar-refractivity contribution in [3.05, 3.63) is 51.9 Å².